The van der Waals surface area contributed by atoms with Gasteiger partial charge in [-0.2, -0.15) is 5.26 Å². The number of hydrogen-bond donors (Lipinski definition) is 0. The highest BCUT2D eigenvalue weighted by atomic mass is 16.6. The second-order valence-electron chi connectivity index (χ2n) is 3.55. The molecule has 0 radical (unpaired) electrons. The zero-order valence-electron chi connectivity index (χ0n) is 9.87. The second-order valence-corrected chi connectivity index (χ2v) is 3.55. The maximum atomic E-state index is 10.7. The first-order chi connectivity index (χ1) is 8.63. The lowest BCUT2D eigenvalue weighted by Gasteiger charge is -2.21. The summed E-state index contributed by atoms with van der Waals surface area (Å²) in [6.07, 6.45) is 3.44. The normalized spacial score (nSPS) is 9.28. The van der Waals surface area contributed by atoms with Crippen molar-refractivity contribution in [2.24, 2.45) is 0 Å². The van der Waals surface area contributed by atoms with Crippen LogP contribution < -0.4 is 4.90 Å². The Morgan fingerprint density at radius 1 is 1.39 bits per heavy atom. The number of nitro benzene ring substituents is 1. The van der Waals surface area contributed by atoms with Gasteiger partial charge in [0.15, 0.2) is 0 Å². The summed E-state index contributed by atoms with van der Waals surface area (Å²) in [4.78, 5) is 12.1. The molecule has 0 spiro atoms. The lowest BCUT2D eigenvalue weighted by Crippen LogP contribution is -2.23. The fourth-order valence-corrected chi connectivity index (χ4v) is 1.57. The van der Waals surface area contributed by atoms with E-state index in [0.29, 0.717) is 13.1 Å². The van der Waals surface area contributed by atoms with E-state index in [0.717, 1.165) is 5.69 Å². The minimum atomic E-state index is -0.562. The van der Waals surface area contributed by atoms with Crippen molar-refractivity contribution in [3.8, 4) is 6.07 Å². The molecule has 0 aliphatic heterocycles. The van der Waals surface area contributed by atoms with Gasteiger partial charge in [0, 0.05) is 24.8 Å². The highest BCUT2D eigenvalue weighted by molar-refractivity contribution is 5.60. The molecule has 0 N–H and O–H groups in total. The van der Waals surface area contributed by atoms with E-state index in [1.807, 2.05) is 11.0 Å². The minimum absolute atomic E-state index is 0.0515. The minimum Gasteiger partial charge on any atom is -0.364 e. The van der Waals surface area contributed by atoms with Crippen molar-refractivity contribution in [3.63, 3.8) is 0 Å². The zero-order chi connectivity index (χ0) is 13.5. The van der Waals surface area contributed by atoms with E-state index in [4.69, 9.17) is 5.26 Å². The van der Waals surface area contributed by atoms with Crippen molar-refractivity contribution in [1.29, 1.82) is 5.26 Å². The van der Waals surface area contributed by atoms with Crippen LogP contribution in [0, 0.1) is 21.4 Å². The summed E-state index contributed by atoms with van der Waals surface area (Å²) in [5.74, 6) is 0. The van der Waals surface area contributed by atoms with Gasteiger partial charge in [0.25, 0.3) is 5.69 Å². The molecule has 0 saturated heterocycles. The number of nitrogens with zero attached hydrogens (tertiary/aromatic N) is 3. The van der Waals surface area contributed by atoms with Crippen LogP contribution in [0.15, 0.2) is 43.5 Å². The third kappa shape index (κ3) is 2.95. The smallest absolute Gasteiger partial charge is 0.287 e. The van der Waals surface area contributed by atoms with Crippen molar-refractivity contribution < 1.29 is 4.92 Å². The molecule has 18 heavy (non-hydrogen) atoms. The largest absolute Gasteiger partial charge is 0.364 e. The number of rotatable bonds is 6. The average Bonchev–Trinajstić information content (AvgIpc) is 2.37. The molecule has 0 aliphatic carbocycles. The molecule has 0 bridgehead atoms. The molecule has 0 amide bonds. The fourth-order valence-electron chi connectivity index (χ4n) is 1.57. The maximum absolute atomic E-state index is 10.7. The average molecular weight is 243 g/mol. The van der Waals surface area contributed by atoms with Crippen LogP contribution in [0.1, 0.15) is 5.56 Å². The molecule has 1 rings (SSSR count). The van der Waals surface area contributed by atoms with Crippen LogP contribution in [0.4, 0.5) is 11.4 Å². The van der Waals surface area contributed by atoms with Gasteiger partial charge in [0.1, 0.15) is 11.6 Å². The van der Waals surface area contributed by atoms with Crippen LogP contribution in [0.5, 0.6) is 0 Å². The van der Waals surface area contributed by atoms with Crippen LogP contribution >= 0.6 is 0 Å². The van der Waals surface area contributed by atoms with Gasteiger partial charge in [-0.05, 0) is 12.1 Å². The predicted molar refractivity (Wildman–Crippen MR) is 70.4 cm³/mol. The SMILES string of the molecule is C=CCN(CC=C)c1ccc([N+](=O)[O-])c(C#N)c1. The highest BCUT2D eigenvalue weighted by Crippen LogP contribution is 2.24. The van der Waals surface area contributed by atoms with Gasteiger partial charge in [-0.1, -0.05) is 12.2 Å². The molecule has 0 aromatic heterocycles. The molecule has 5 heteroatoms. The predicted octanol–water partition coefficient (Wildman–Crippen LogP) is 2.64. The van der Waals surface area contributed by atoms with E-state index in [1.165, 1.54) is 12.1 Å². The lowest BCUT2D eigenvalue weighted by atomic mass is 10.1. The molecule has 1 aromatic carbocycles. The topological polar surface area (TPSA) is 70.2 Å². The highest BCUT2D eigenvalue weighted by Gasteiger charge is 2.15. The first-order valence-corrected chi connectivity index (χ1v) is 5.29. The monoisotopic (exact) mass is 243 g/mol. The Balaban J connectivity index is 3.18. The molecule has 1 aromatic rings. The van der Waals surface area contributed by atoms with E-state index >= 15 is 0 Å². The van der Waals surface area contributed by atoms with Crippen molar-refractivity contribution >= 4 is 11.4 Å². The zero-order valence-corrected chi connectivity index (χ0v) is 9.87. The van der Waals surface area contributed by atoms with E-state index in [1.54, 1.807) is 18.2 Å². The fraction of sp³-hybridized carbons (Fsp3) is 0.154. The first kappa shape index (κ1) is 13.5. The van der Waals surface area contributed by atoms with Crippen molar-refractivity contribution in [2.75, 3.05) is 18.0 Å². The molecular weight excluding hydrogens is 230 g/mol. The number of benzene rings is 1. The first-order valence-electron chi connectivity index (χ1n) is 5.29. The third-order valence-electron chi connectivity index (χ3n) is 2.36. The van der Waals surface area contributed by atoms with Gasteiger partial charge in [-0.15, -0.1) is 13.2 Å². The summed E-state index contributed by atoms with van der Waals surface area (Å²) in [5, 5.41) is 19.6. The summed E-state index contributed by atoms with van der Waals surface area (Å²) in [7, 11) is 0. The molecule has 0 saturated carbocycles. The van der Waals surface area contributed by atoms with Gasteiger partial charge in [-0.3, -0.25) is 10.1 Å². The molecule has 0 unspecified atom stereocenters. The summed E-state index contributed by atoms with van der Waals surface area (Å²) in [6, 6.07) is 6.30. The summed E-state index contributed by atoms with van der Waals surface area (Å²) >= 11 is 0. The van der Waals surface area contributed by atoms with Crippen LogP contribution in [0.25, 0.3) is 0 Å². The van der Waals surface area contributed by atoms with Crippen LogP contribution in [0.3, 0.4) is 0 Å². The number of nitriles is 1. The Hall–Kier alpha value is -2.61. The van der Waals surface area contributed by atoms with Crippen LogP contribution in [-0.2, 0) is 0 Å². The van der Waals surface area contributed by atoms with E-state index in [9.17, 15) is 10.1 Å². The second kappa shape index (κ2) is 6.21. The Morgan fingerprint density at radius 3 is 2.44 bits per heavy atom. The number of hydrogen-bond acceptors (Lipinski definition) is 4. The van der Waals surface area contributed by atoms with E-state index in [2.05, 4.69) is 13.2 Å². The molecular formula is C13H13N3O2. The Bertz CT molecular complexity index is 507. The van der Waals surface area contributed by atoms with Crippen molar-refractivity contribution in [3.05, 3.63) is 59.2 Å². The van der Waals surface area contributed by atoms with Crippen LogP contribution in [0.2, 0.25) is 0 Å². The molecule has 0 atom stereocenters. The Labute approximate surface area is 105 Å². The van der Waals surface area contributed by atoms with Gasteiger partial charge in [0.05, 0.1) is 4.92 Å². The quantitative estimate of drug-likeness (QED) is 0.437. The number of nitro groups is 1. The Kier molecular flexibility index (Phi) is 4.64. The van der Waals surface area contributed by atoms with Gasteiger partial charge >= 0.3 is 0 Å². The third-order valence-corrected chi connectivity index (χ3v) is 2.36. The van der Waals surface area contributed by atoms with E-state index < -0.39 is 4.92 Å². The molecule has 5 nitrogen and oxygen atoms in total. The van der Waals surface area contributed by atoms with E-state index in [-0.39, 0.29) is 11.3 Å². The standard InChI is InChI=1S/C13H13N3O2/c1-3-7-15(8-4-2)12-5-6-13(16(17)18)11(9-12)10-14/h3-6,9H,1-2,7-8H2. The summed E-state index contributed by atoms with van der Waals surface area (Å²) < 4.78 is 0. The van der Waals surface area contributed by atoms with Crippen LogP contribution in [-0.4, -0.2) is 18.0 Å². The van der Waals surface area contributed by atoms with Gasteiger partial charge < -0.3 is 4.90 Å². The van der Waals surface area contributed by atoms with Crippen molar-refractivity contribution in [2.45, 2.75) is 0 Å². The Morgan fingerprint density at radius 2 is 2.00 bits per heavy atom. The van der Waals surface area contributed by atoms with Crippen molar-refractivity contribution in [1.82, 2.24) is 0 Å². The van der Waals surface area contributed by atoms with Gasteiger partial charge in [-0.25, -0.2) is 0 Å². The molecule has 0 fully saturated rings. The van der Waals surface area contributed by atoms with Gasteiger partial charge in [0.2, 0.25) is 0 Å². The summed E-state index contributed by atoms with van der Waals surface area (Å²) in [5.41, 5.74) is 0.603. The lowest BCUT2D eigenvalue weighted by molar-refractivity contribution is -0.385. The molecule has 92 valence electrons. The number of anilines is 1. The molecule has 0 heterocycles. The summed E-state index contributed by atoms with van der Waals surface area (Å²) in [6.45, 7) is 8.45. The maximum Gasteiger partial charge on any atom is 0.287 e. The molecule has 0 aliphatic rings.